The van der Waals surface area contributed by atoms with Gasteiger partial charge in [-0.3, -0.25) is 14.4 Å². The molecular weight excluding hydrogens is 757 g/mol. The first-order valence-electron chi connectivity index (χ1n) is 25.4. The molecule has 0 aliphatic rings. The molecular formula is C55H94O6. The van der Waals surface area contributed by atoms with E-state index in [1.807, 2.05) is 0 Å². The third-order valence-electron chi connectivity index (χ3n) is 10.7. The van der Waals surface area contributed by atoms with E-state index in [2.05, 4.69) is 93.7 Å². The Bertz CT molecular complexity index is 1160. The van der Waals surface area contributed by atoms with Crippen LogP contribution in [0.5, 0.6) is 0 Å². The number of allylic oxidation sites excluding steroid dienone is 12. The maximum absolute atomic E-state index is 12.8. The van der Waals surface area contributed by atoms with Gasteiger partial charge in [0.05, 0.1) is 0 Å². The molecule has 0 aliphatic carbocycles. The Morgan fingerprint density at radius 3 is 1.03 bits per heavy atom. The molecule has 0 saturated carbocycles. The van der Waals surface area contributed by atoms with Crippen molar-refractivity contribution in [1.82, 2.24) is 0 Å². The highest BCUT2D eigenvalue weighted by molar-refractivity contribution is 5.71. The predicted octanol–water partition coefficient (Wildman–Crippen LogP) is 16.6. The second-order valence-electron chi connectivity index (χ2n) is 16.7. The highest BCUT2D eigenvalue weighted by atomic mass is 16.6. The number of ether oxygens (including phenoxy) is 3. The molecule has 0 rings (SSSR count). The van der Waals surface area contributed by atoms with Crippen LogP contribution in [0.1, 0.15) is 239 Å². The van der Waals surface area contributed by atoms with Crippen LogP contribution in [-0.4, -0.2) is 37.2 Å². The average molecular weight is 851 g/mol. The first kappa shape index (κ1) is 57.9. The largest absolute Gasteiger partial charge is 0.462 e. The molecule has 6 nitrogen and oxygen atoms in total. The summed E-state index contributed by atoms with van der Waals surface area (Å²) in [5.41, 5.74) is 0. The lowest BCUT2D eigenvalue weighted by molar-refractivity contribution is -0.167. The Hall–Kier alpha value is -3.15. The van der Waals surface area contributed by atoms with Gasteiger partial charge in [0.1, 0.15) is 13.2 Å². The van der Waals surface area contributed by atoms with Gasteiger partial charge >= 0.3 is 17.9 Å². The number of carbonyl (C=O) groups is 3. The summed E-state index contributed by atoms with van der Waals surface area (Å²) < 4.78 is 16.7. The number of hydrogen-bond acceptors (Lipinski definition) is 6. The summed E-state index contributed by atoms with van der Waals surface area (Å²) in [7, 11) is 0. The van der Waals surface area contributed by atoms with Crippen molar-refractivity contribution in [2.24, 2.45) is 0 Å². The van der Waals surface area contributed by atoms with E-state index in [0.29, 0.717) is 19.3 Å². The number of esters is 3. The lowest BCUT2D eigenvalue weighted by atomic mass is 10.1. The van der Waals surface area contributed by atoms with Gasteiger partial charge < -0.3 is 14.2 Å². The van der Waals surface area contributed by atoms with Gasteiger partial charge in [0.25, 0.3) is 0 Å². The lowest BCUT2D eigenvalue weighted by Crippen LogP contribution is -2.30. The zero-order chi connectivity index (χ0) is 44.4. The molecule has 0 N–H and O–H groups in total. The SMILES string of the molecule is CC/C=C\C/C=C\C/C=C\C/C=C\C/C=C\CCCCCC(=O)OC[C@@H](COC(=O)CCCCCCCCCCCC)OC(=O)CCCCCCC/C=C\CCCCCCC. The van der Waals surface area contributed by atoms with Crippen LogP contribution in [0.3, 0.4) is 0 Å². The fourth-order valence-corrected chi connectivity index (χ4v) is 6.87. The maximum Gasteiger partial charge on any atom is 0.306 e. The van der Waals surface area contributed by atoms with E-state index >= 15 is 0 Å². The van der Waals surface area contributed by atoms with Crippen molar-refractivity contribution in [3.63, 3.8) is 0 Å². The third-order valence-corrected chi connectivity index (χ3v) is 10.7. The van der Waals surface area contributed by atoms with Crippen molar-refractivity contribution in [2.45, 2.75) is 245 Å². The summed E-state index contributed by atoms with van der Waals surface area (Å²) >= 11 is 0. The summed E-state index contributed by atoms with van der Waals surface area (Å²) in [5, 5.41) is 0. The monoisotopic (exact) mass is 851 g/mol. The molecule has 0 aromatic rings. The summed E-state index contributed by atoms with van der Waals surface area (Å²) in [6.45, 7) is 6.46. The molecule has 1 atom stereocenters. The Morgan fingerprint density at radius 1 is 0.344 bits per heavy atom. The molecule has 0 aromatic heterocycles. The van der Waals surface area contributed by atoms with Crippen LogP contribution in [0.4, 0.5) is 0 Å². The van der Waals surface area contributed by atoms with Gasteiger partial charge in [0.2, 0.25) is 0 Å². The van der Waals surface area contributed by atoms with Gasteiger partial charge in [-0.25, -0.2) is 0 Å². The van der Waals surface area contributed by atoms with Crippen LogP contribution in [0.25, 0.3) is 0 Å². The normalized spacial score (nSPS) is 12.6. The maximum atomic E-state index is 12.8. The van der Waals surface area contributed by atoms with E-state index in [1.165, 1.54) is 89.9 Å². The molecule has 61 heavy (non-hydrogen) atoms. The molecule has 0 radical (unpaired) electrons. The highest BCUT2D eigenvalue weighted by Gasteiger charge is 2.19. The summed E-state index contributed by atoms with van der Waals surface area (Å²) in [4.78, 5) is 37.9. The Balaban J connectivity index is 4.42. The van der Waals surface area contributed by atoms with Gasteiger partial charge in [-0.15, -0.1) is 0 Å². The van der Waals surface area contributed by atoms with Gasteiger partial charge in [-0.1, -0.05) is 203 Å². The number of rotatable bonds is 45. The minimum absolute atomic E-state index is 0.0882. The second-order valence-corrected chi connectivity index (χ2v) is 16.7. The van der Waals surface area contributed by atoms with Crippen molar-refractivity contribution >= 4 is 17.9 Å². The molecule has 6 heteroatoms. The van der Waals surface area contributed by atoms with Gasteiger partial charge in [0, 0.05) is 19.3 Å². The number of carbonyl (C=O) groups excluding carboxylic acids is 3. The van der Waals surface area contributed by atoms with Crippen LogP contribution in [0.15, 0.2) is 72.9 Å². The molecule has 0 bridgehead atoms. The van der Waals surface area contributed by atoms with Crippen LogP contribution in [0.2, 0.25) is 0 Å². The zero-order valence-corrected chi connectivity index (χ0v) is 39.9. The van der Waals surface area contributed by atoms with Gasteiger partial charge in [-0.2, -0.15) is 0 Å². The quantitative estimate of drug-likeness (QED) is 0.0263. The van der Waals surface area contributed by atoms with Crippen molar-refractivity contribution in [3.05, 3.63) is 72.9 Å². The third kappa shape index (κ3) is 47.7. The van der Waals surface area contributed by atoms with Gasteiger partial charge in [0.15, 0.2) is 6.10 Å². The molecule has 350 valence electrons. The van der Waals surface area contributed by atoms with Crippen molar-refractivity contribution < 1.29 is 28.6 Å². The van der Waals surface area contributed by atoms with Crippen molar-refractivity contribution in [3.8, 4) is 0 Å². The van der Waals surface area contributed by atoms with E-state index in [0.717, 1.165) is 109 Å². The zero-order valence-electron chi connectivity index (χ0n) is 39.9. The van der Waals surface area contributed by atoms with E-state index in [-0.39, 0.29) is 31.1 Å². The van der Waals surface area contributed by atoms with E-state index in [9.17, 15) is 14.4 Å². The van der Waals surface area contributed by atoms with E-state index in [1.54, 1.807) is 0 Å². The highest BCUT2D eigenvalue weighted by Crippen LogP contribution is 2.14. The molecule has 0 saturated heterocycles. The van der Waals surface area contributed by atoms with Crippen LogP contribution < -0.4 is 0 Å². The van der Waals surface area contributed by atoms with Crippen molar-refractivity contribution in [2.75, 3.05) is 13.2 Å². The second kappa shape index (κ2) is 49.5. The summed E-state index contributed by atoms with van der Waals surface area (Å²) in [6, 6.07) is 0. The summed E-state index contributed by atoms with van der Waals surface area (Å²) in [5.74, 6) is -0.931. The standard InChI is InChI=1S/C55H94O6/c1-4-7-10-13-16-19-22-24-26-27-28-29-30-32-33-36-39-42-45-48-54(57)60-51-52(50-59-53(56)47-44-41-38-35-21-18-15-12-9-6-3)61-55(58)49-46-43-40-37-34-31-25-23-20-17-14-11-8-5-2/h7,10,16,19,23-26,28-29,32-33,52H,4-6,8-9,11-15,17-18,20-22,27,30-31,34-51H2,1-3H3/b10-7-,19-16-,25-23-,26-24-,29-28-,33-32-/t52-/m1/s1. The first-order chi connectivity index (χ1) is 30.0. The minimum Gasteiger partial charge on any atom is -0.462 e. The van der Waals surface area contributed by atoms with Crippen LogP contribution >= 0.6 is 0 Å². The molecule has 0 aliphatic heterocycles. The average Bonchev–Trinajstić information content (AvgIpc) is 3.26. The lowest BCUT2D eigenvalue weighted by Gasteiger charge is -2.18. The molecule has 0 amide bonds. The molecule has 0 aromatic carbocycles. The van der Waals surface area contributed by atoms with Gasteiger partial charge in [-0.05, 0) is 89.9 Å². The Kier molecular flexibility index (Phi) is 46.9. The Labute approximate surface area is 376 Å². The smallest absolute Gasteiger partial charge is 0.306 e. The first-order valence-corrected chi connectivity index (χ1v) is 25.4. The summed E-state index contributed by atoms with van der Waals surface area (Å²) in [6.07, 6.45) is 61.7. The Morgan fingerprint density at radius 2 is 0.639 bits per heavy atom. The topological polar surface area (TPSA) is 78.9 Å². The minimum atomic E-state index is -0.790. The van der Waals surface area contributed by atoms with E-state index in [4.69, 9.17) is 14.2 Å². The predicted molar refractivity (Wildman–Crippen MR) is 261 cm³/mol. The van der Waals surface area contributed by atoms with Crippen LogP contribution in [-0.2, 0) is 28.6 Å². The molecule has 0 fully saturated rings. The molecule has 0 spiro atoms. The fraction of sp³-hybridized carbons (Fsp3) is 0.727. The van der Waals surface area contributed by atoms with Crippen molar-refractivity contribution in [1.29, 1.82) is 0 Å². The van der Waals surface area contributed by atoms with E-state index < -0.39 is 6.10 Å². The van der Waals surface area contributed by atoms with Crippen LogP contribution in [0, 0.1) is 0 Å². The molecule has 0 unspecified atom stereocenters. The fourth-order valence-electron chi connectivity index (χ4n) is 6.87. The number of unbranched alkanes of at least 4 members (excludes halogenated alkanes) is 22. The molecule has 0 heterocycles. The number of hydrogen-bond donors (Lipinski definition) is 0.